The molecule has 1 saturated heterocycles. The molecule has 0 bridgehead atoms. The van der Waals surface area contributed by atoms with Crippen molar-refractivity contribution in [1.82, 2.24) is 4.90 Å². The molecule has 1 saturated carbocycles. The van der Waals surface area contributed by atoms with Gasteiger partial charge in [0.05, 0.1) is 5.41 Å². The van der Waals surface area contributed by atoms with Gasteiger partial charge in [0, 0.05) is 12.8 Å². The van der Waals surface area contributed by atoms with E-state index in [0.29, 0.717) is 12.8 Å². The molecule has 3 rings (SSSR count). The summed E-state index contributed by atoms with van der Waals surface area (Å²) in [4.78, 5) is 37.7. The lowest BCUT2D eigenvalue weighted by Crippen LogP contribution is -2.47. The standard InChI is InChI=1S/C17H19NO4/c19-14-11-17(8-4-5-9-17)16(22)18(14)13(15(20)21)10-12-6-2-1-3-7-12/h1-3,6-7,13H,4-5,8-11H2,(H,20,21)/t13-/m1/s1. The van der Waals surface area contributed by atoms with Crippen molar-refractivity contribution in [1.29, 1.82) is 0 Å². The van der Waals surface area contributed by atoms with Crippen molar-refractivity contribution >= 4 is 17.8 Å². The minimum atomic E-state index is -1.12. The summed E-state index contributed by atoms with van der Waals surface area (Å²) in [6, 6.07) is 8.00. The molecule has 0 unspecified atom stereocenters. The van der Waals surface area contributed by atoms with Gasteiger partial charge >= 0.3 is 5.97 Å². The quantitative estimate of drug-likeness (QED) is 0.863. The summed E-state index contributed by atoms with van der Waals surface area (Å²) in [7, 11) is 0. The van der Waals surface area contributed by atoms with Crippen LogP contribution in [-0.4, -0.2) is 33.8 Å². The number of amides is 2. The minimum absolute atomic E-state index is 0.156. The normalized spacial score (nSPS) is 21.5. The van der Waals surface area contributed by atoms with Crippen LogP contribution in [0.3, 0.4) is 0 Å². The number of imide groups is 1. The third-order valence-electron chi connectivity index (χ3n) is 4.86. The molecule has 0 aromatic heterocycles. The lowest BCUT2D eigenvalue weighted by Gasteiger charge is -2.25. The van der Waals surface area contributed by atoms with E-state index >= 15 is 0 Å². The van der Waals surface area contributed by atoms with Gasteiger partial charge in [-0.2, -0.15) is 0 Å². The zero-order valence-corrected chi connectivity index (χ0v) is 12.3. The molecule has 2 amide bonds. The summed E-state index contributed by atoms with van der Waals surface area (Å²) in [6.45, 7) is 0. The molecule has 2 aliphatic rings. The number of hydrogen-bond donors (Lipinski definition) is 1. The lowest BCUT2D eigenvalue weighted by molar-refractivity contribution is -0.155. The molecule has 2 fully saturated rings. The van der Waals surface area contributed by atoms with E-state index in [0.717, 1.165) is 23.3 Å². The zero-order chi connectivity index (χ0) is 15.7. The lowest BCUT2D eigenvalue weighted by atomic mass is 9.84. The predicted octanol–water partition coefficient (Wildman–Crippen LogP) is 2.00. The van der Waals surface area contributed by atoms with E-state index in [1.165, 1.54) is 0 Å². The Morgan fingerprint density at radius 1 is 1.18 bits per heavy atom. The van der Waals surface area contributed by atoms with Crippen LogP contribution in [0.25, 0.3) is 0 Å². The topological polar surface area (TPSA) is 74.7 Å². The molecule has 5 heteroatoms. The van der Waals surface area contributed by atoms with Gasteiger partial charge in [0.2, 0.25) is 11.8 Å². The summed E-state index contributed by atoms with van der Waals surface area (Å²) < 4.78 is 0. The molecule has 5 nitrogen and oxygen atoms in total. The highest BCUT2D eigenvalue weighted by Crippen LogP contribution is 2.47. The first kappa shape index (κ1) is 14.8. The number of carbonyl (C=O) groups is 3. The van der Waals surface area contributed by atoms with Crippen molar-refractivity contribution < 1.29 is 19.5 Å². The van der Waals surface area contributed by atoms with Gasteiger partial charge in [0.25, 0.3) is 0 Å². The number of rotatable bonds is 4. The fourth-order valence-electron chi connectivity index (χ4n) is 3.70. The van der Waals surface area contributed by atoms with Crippen LogP contribution in [0.4, 0.5) is 0 Å². The molecule has 1 aliphatic carbocycles. The first-order chi connectivity index (χ1) is 10.5. The van der Waals surface area contributed by atoms with E-state index in [1.54, 1.807) is 0 Å². The van der Waals surface area contributed by atoms with E-state index in [-0.39, 0.29) is 24.7 Å². The number of benzene rings is 1. The minimum Gasteiger partial charge on any atom is -0.480 e. The first-order valence-corrected chi connectivity index (χ1v) is 7.67. The zero-order valence-electron chi connectivity index (χ0n) is 12.3. The molecule has 1 aromatic carbocycles. The van der Waals surface area contributed by atoms with Gasteiger partial charge < -0.3 is 5.11 Å². The third-order valence-corrected chi connectivity index (χ3v) is 4.86. The maximum atomic E-state index is 12.7. The molecular formula is C17H19NO4. The predicted molar refractivity (Wildman–Crippen MR) is 78.9 cm³/mol. The smallest absolute Gasteiger partial charge is 0.327 e. The van der Waals surface area contributed by atoms with E-state index in [2.05, 4.69) is 0 Å². The van der Waals surface area contributed by atoms with Crippen molar-refractivity contribution in [3.05, 3.63) is 35.9 Å². The molecule has 1 atom stereocenters. The molecule has 1 aliphatic heterocycles. The van der Waals surface area contributed by atoms with Crippen molar-refractivity contribution in [2.45, 2.75) is 44.6 Å². The van der Waals surface area contributed by atoms with Gasteiger partial charge in [0.15, 0.2) is 0 Å². The summed E-state index contributed by atoms with van der Waals surface area (Å²) in [5.74, 6) is -1.74. The Morgan fingerprint density at radius 3 is 2.41 bits per heavy atom. The van der Waals surface area contributed by atoms with Gasteiger partial charge in [0.1, 0.15) is 6.04 Å². The van der Waals surface area contributed by atoms with E-state index < -0.39 is 17.4 Å². The number of hydrogen-bond acceptors (Lipinski definition) is 3. The molecular weight excluding hydrogens is 282 g/mol. The number of carbonyl (C=O) groups excluding carboxylic acids is 2. The third kappa shape index (κ3) is 2.40. The molecule has 1 aromatic rings. The Morgan fingerprint density at radius 2 is 1.82 bits per heavy atom. The van der Waals surface area contributed by atoms with Crippen molar-refractivity contribution in [2.75, 3.05) is 0 Å². The van der Waals surface area contributed by atoms with Crippen molar-refractivity contribution in [3.63, 3.8) is 0 Å². The summed E-state index contributed by atoms with van der Waals surface area (Å²) in [5.41, 5.74) is 0.185. The Kier molecular flexibility index (Phi) is 3.72. The monoisotopic (exact) mass is 301 g/mol. The van der Waals surface area contributed by atoms with Gasteiger partial charge in [-0.25, -0.2) is 4.79 Å². The second kappa shape index (κ2) is 5.55. The number of likely N-dealkylation sites (tertiary alicyclic amines) is 1. The molecule has 1 N–H and O–H groups in total. The van der Waals surface area contributed by atoms with E-state index in [9.17, 15) is 19.5 Å². The first-order valence-electron chi connectivity index (χ1n) is 7.67. The van der Waals surface area contributed by atoms with E-state index in [1.807, 2.05) is 30.3 Å². The highest BCUT2D eigenvalue weighted by atomic mass is 16.4. The van der Waals surface area contributed by atoms with Crippen LogP contribution in [0.2, 0.25) is 0 Å². The maximum absolute atomic E-state index is 12.7. The number of carboxylic acids is 1. The Balaban J connectivity index is 1.87. The SMILES string of the molecule is O=C(O)[C@@H](Cc1ccccc1)N1C(=O)CC2(CCCC2)C1=O. The maximum Gasteiger partial charge on any atom is 0.327 e. The Bertz CT molecular complexity index is 604. The van der Waals surface area contributed by atoms with Crippen LogP contribution in [0.5, 0.6) is 0 Å². The summed E-state index contributed by atoms with van der Waals surface area (Å²) >= 11 is 0. The highest BCUT2D eigenvalue weighted by Gasteiger charge is 2.55. The van der Waals surface area contributed by atoms with Crippen molar-refractivity contribution in [3.8, 4) is 0 Å². The number of carboxylic acid groups (broad SMARTS) is 1. The number of nitrogens with zero attached hydrogens (tertiary/aromatic N) is 1. The van der Waals surface area contributed by atoms with Crippen LogP contribution in [0.1, 0.15) is 37.7 Å². The molecule has 116 valence electrons. The summed E-state index contributed by atoms with van der Waals surface area (Å²) in [6.07, 6.45) is 3.60. The largest absolute Gasteiger partial charge is 0.480 e. The van der Waals surface area contributed by atoms with Crippen LogP contribution in [0.15, 0.2) is 30.3 Å². The molecule has 1 heterocycles. The van der Waals surface area contributed by atoms with Crippen LogP contribution in [0, 0.1) is 5.41 Å². The second-order valence-corrected chi connectivity index (χ2v) is 6.28. The average Bonchev–Trinajstić information content (AvgIpc) is 3.05. The van der Waals surface area contributed by atoms with Crippen molar-refractivity contribution in [2.24, 2.45) is 5.41 Å². The highest BCUT2D eigenvalue weighted by molar-refractivity contribution is 6.08. The average molecular weight is 301 g/mol. The van der Waals surface area contributed by atoms with E-state index in [4.69, 9.17) is 0 Å². The molecule has 22 heavy (non-hydrogen) atoms. The van der Waals surface area contributed by atoms with Crippen LogP contribution < -0.4 is 0 Å². The van der Waals surface area contributed by atoms with Gasteiger partial charge in [-0.3, -0.25) is 14.5 Å². The molecule has 0 radical (unpaired) electrons. The summed E-state index contributed by atoms with van der Waals surface area (Å²) in [5, 5.41) is 9.52. The van der Waals surface area contributed by atoms with Crippen LogP contribution >= 0.6 is 0 Å². The van der Waals surface area contributed by atoms with Gasteiger partial charge in [-0.05, 0) is 18.4 Å². The second-order valence-electron chi connectivity index (χ2n) is 6.28. The fraction of sp³-hybridized carbons (Fsp3) is 0.471. The van der Waals surface area contributed by atoms with Gasteiger partial charge in [-0.1, -0.05) is 43.2 Å². The van der Waals surface area contributed by atoms with Crippen LogP contribution in [-0.2, 0) is 20.8 Å². The Hall–Kier alpha value is -2.17. The Labute approximate surface area is 128 Å². The molecule has 1 spiro atoms. The fourth-order valence-corrected chi connectivity index (χ4v) is 3.70. The number of aliphatic carboxylic acids is 1. The van der Waals surface area contributed by atoms with Gasteiger partial charge in [-0.15, -0.1) is 0 Å².